The Bertz CT molecular complexity index is 1110. The van der Waals surface area contributed by atoms with Crippen LogP contribution in [-0.2, 0) is 14.9 Å². The second-order valence-corrected chi connectivity index (χ2v) is 10.7. The van der Waals surface area contributed by atoms with E-state index in [4.69, 9.17) is 14.2 Å². The zero-order chi connectivity index (χ0) is 25.1. The molecule has 4 bridgehead atoms. The number of ketones is 1. The van der Waals surface area contributed by atoms with Crippen molar-refractivity contribution >= 4 is 17.8 Å². The van der Waals surface area contributed by atoms with Gasteiger partial charge in [0.15, 0.2) is 12.6 Å². The number of hydrogen-bond acceptors (Lipinski definition) is 5. The summed E-state index contributed by atoms with van der Waals surface area (Å²) in [6.07, 6.45) is 10.6. The van der Waals surface area contributed by atoms with Crippen molar-refractivity contribution in [2.45, 2.75) is 43.9 Å². The molecular weight excluding hydrogens is 456 g/mol. The van der Waals surface area contributed by atoms with Crippen molar-refractivity contribution in [1.29, 1.82) is 0 Å². The summed E-state index contributed by atoms with van der Waals surface area (Å²) in [4.78, 5) is 24.6. The zero-order valence-electron chi connectivity index (χ0n) is 20.8. The Kier molecular flexibility index (Phi) is 7.26. The van der Waals surface area contributed by atoms with Crippen LogP contribution in [0.1, 0.15) is 70.4 Å². The highest BCUT2D eigenvalue weighted by Gasteiger charge is 2.52. The fraction of sp³-hybridized carbons (Fsp3) is 0.467. The predicted molar refractivity (Wildman–Crippen MR) is 136 cm³/mol. The molecule has 0 radical (unpaired) electrons. The van der Waals surface area contributed by atoms with E-state index < -0.39 is 5.97 Å². The first-order chi connectivity index (χ1) is 17.5. The van der Waals surface area contributed by atoms with E-state index in [9.17, 15) is 14.7 Å². The molecule has 0 spiro atoms. The number of aromatic carboxylic acids is 1. The summed E-state index contributed by atoms with van der Waals surface area (Å²) in [5.74, 6) is 1.88. The van der Waals surface area contributed by atoms with Gasteiger partial charge in [0.2, 0.25) is 0 Å². The molecule has 6 heteroatoms. The van der Waals surface area contributed by atoms with Gasteiger partial charge >= 0.3 is 5.97 Å². The van der Waals surface area contributed by atoms with Crippen LogP contribution in [0, 0.1) is 17.8 Å². The Hall–Kier alpha value is -2.96. The minimum absolute atomic E-state index is 0.0994. The Morgan fingerprint density at radius 2 is 1.69 bits per heavy atom. The topological polar surface area (TPSA) is 82.1 Å². The first kappa shape index (κ1) is 24.7. The summed E-state index contributed by atoms with van der Waals surface area (Å²) in [6.45, 7) is 1.03. The molecular formula is C30H34O6. The molecule has 4 fully saturated rings. The van der Waals surface area contributed by atoms with Crippen LogP contribution in [0.5, 0.6) is 5.75 Å². The van der Waals surface area contributed by atoms with Crippen molar-refractivity contribution in [3.63, 3.8) is 0 Å². The maximum atomic E-state index is 13.1. The number of ether oxygens (including phenoxy) is 3. The zero-order valence-corrected chi connectivity index (χ0v) is 20.8. The van der Waals surface area contributed by atoms with Gasteiger partial charge in [0.05, 0.1) is 18.8 Å². The van der Waals surface area contributed by atoms with Gasteiger partial charge in [0.1, 0.15) is 5.75 Å². The van der Waals surface area contributed by atoms with E-state index in [1.807, 2.05) is 12.1 Å². The molecule has 6 rings (SSSR count). The molecule has 0 aromatic heterocycles. The van der Waals surface area contributed by atoms with Gasteiger partial charge in [-0.15, -0.1) is 0 Å². The van der Waals surface area contributed by atoms with Gasteiger partial charge in [0, 0.05) is 18.2 Å². The first-order valence-corrected chi connectivity index (χ1v) is 12.9. The van der Waals surface area contributed by atoms with Crippen LogP contribution in [0.25, 0.3) is 6.08 Å². The molecule has 0 heterocycles. The number of methoxy groups -OCH3 is 1. The van der Waals surface area contributed by atoms with Gasteiger partial charge in [0.25, 0.3) is 0 Å². The van der Waals surface area contributed by atoms with E-state index >= 15 is 0 Å². The van der Waals surface area contributed by atoms with Crippen molar-refractivity contribution < 1.29 is 28.9 Å². The predicted octanol–water partition coefficient (Wildman–Crippen LogP) is 5.75. The average molecular weight is 491 g/mol. The molecule has 0 atom stereocenters. The lowest BCUT2D eigenvalue weighted by Gasteiger charge is -2.57. The third-order valence-corrected chi connectivity index (χ3v) is 8.21. The summed E-state index contributed by atoms with van der Waals surface area (Å²) in [5, 5.41) is 9.41. The molecule has 1 N–H and O–H groups in total. The largest absolute Gasteiger partial charge is 0.478 e. The van der Waals surface area contributed by atoms with Crippen LogP contribution >= 0.6 is 0 Å². The van der Waals surface area contributed by atoms with Crippen LogP contribution in [-0.4, -0.2) is 44.0 Å². The number of carbonyl (C=O) groups excluding carboxylic acids is 1. The second kappa shape index (κ2) is 10.6. The Balaban J connectivity index is 1.41. The number of rotatable bonds is 11. The quantitative estimate of drug-likeness (QED) is 0.187. The Morgan fingerprint density at radius 1 is 1.00 bits per heavy atom. The van der Waals surface area contributed by atoms with Crippen molar-refractivity contribution in [3.8, 4) is 5.75 Å². The van der Waals surface area contributed by atoms with Crippen LogP contribution in [0.2, 0.25) is 0 Å². The van der Waals surface area contributed by atoms with Gasteiger partial charge in [-0.2, -0.15) is 0 Å². The lowest BCUT2D eigenvalue weighted by Crippen LogP contribution is -2.48. The minimum atomic E-state index is -1.02. The van der Waals surface area contributed by atoms with Crippen LogP contribution < -0.4 is 4.74 Å². The minimum Gasteiger partial charge on any atom is -0.478 e. The van der Waals surface area contributed by atoms with Crippen molar-refractivity contribution in [2.75, 3.05) is 27.1 Å². The maximum absolute atomic E-state index is 13.1. The SMILES string of the molecule is COCCOCOc1cc(C(=O)C=Cc2ccccc2C(=O)O)ccc1C12CC3CC(CC(C3)C1)C2. The number of allylic oxidation sites excluding steroid dienone is 1. The fourth-order valence-electron chi connectivity index (χ4n) is 7.08. The summed E-state index contributed by atoms with van der Waals surface area (Å²) in [7, 11) is 1.63. The van der Waals surface area contributed by atoms with E-state index in [0.717, 1.165) is 23.5 Å². The monoisotopic (exact) mass is 490 g/mol. The van der Waals surface area contributed by atoms with Crippen molar-refractivity contribution in [3.05, 3.63) is 70.8 Å². The highest BCUT2D eigenvalue weighted by atomic mass is 16.7. The molecule has 0 unspecified atom stereocenters. The van der Waals surface area contributed by atoms with Crippen LogP contribution in [0.15, 0.2) is 48.5 Å². The smallest absolute Gasteiger partial charge is 0.336 e. The summed E-state index contributed by atoms with van der Waals surface area (Å²) in [6, 6.07) is 12.5. The molecule has 4 aliphatic carbocycles. The molecule has 190 valence electrons. The molecule has 6 nitrogen and oxygen atoms in total. The standard InChI is InChI=1S/C30H34O6/c1-34-10-11-35-19-36-28-15-24(27(31)9-7-23-4-2-3-5-25(23)29(32)33)6-8-26(28)30-16-20-12-21(17-30)14-22(13-20)18-30/h2-9,15,20-22H,10-14,16-19H2,1H3,(H,32,33). The lowest BCUT2D eigenvalue weighted by atomic mass is 9.48. The van der Waals surface area contributed by atoms with Gasteiger partial charge in [-0.1, -0.05) is 36.4 Å². The number of benzene rings is 2. The van der Waals surface area contributed by atoms with Gasteiger partial charge in [-0.3, -0.25) is 4.79 Å². The van der Waals surface area contributed by atoms with Gasteiger partial charge in [-0.25, -0.2) is 4.79 Å². The van der Waals surface area contributed by atoms with Crippen molar-refractivity contribution in [2.24, 2.45) is 17.8 Å². The number of carboxylic acid groups (broad SMARTS) is 1. The summed E-state index contributed by atoms with van der Waals surface area (Å²) < 4.78 is 16.8. The summed E-state index contributed by atoms with van der Waals surface area (Å²) in [5.41, 5.74) is 2.49. The lowest BCUT2D eigenvalue weighted by molar-refractivity contribution is -0.0190. The van der Waals surface area contributed by atoms with E-state index in [0.29, 0.717) is 24.3 Å². The fourth-order valence-corrected chi connectivity index (χ4v) is 7.08. The highest BCUT2D eigenvalue weighted by molar-refractivity contribution is 6.07. The molecule has 0 saturated heterocycles. The van der Waals surface area contributed by atoms with Gasteiger partial charge in [-0.05, 0) is 85.5 Å². The van der Waals surface area contributed by atoms with E-state index in [1.54, 1.807) is 31.4 Å². The molecule has 0 amide bonds. The average Bonchev–Trinajstić information content (AvgIpc) is 2.86. The summed E-state index contributed by atoms with van der Waals surface area (Å²) >= 11 is 0. The van der Waals surface area contributed by atoms with Crippen LogP contribution in [0.3, 0.4) is 0 Å². The third kappa shape index (κ3) is 5.11. The molecule has 0 aliphatic heterocycles. The van der Waals surface area contributed by atoms with E-state index in [2.05, 4.69) is 6.07 Å². The molecule has 2 aromatic rings. The normalized spacial score (nSPS) is 26.4. The van der Waals surface area contributed by atoms with Crippen molar-refractivity contribution in [1.82, 2.24) is 0 Å². The number of hydrogen-bond donors (Lipinski definition) is 1. The first-order valence-electron chi connectivity index (χ1n) is 12.9. The molecule has 4 aliphatic rings. The Morgan fingerprint density at radius 3 is 2.36 bits per heavy atom. The molecule has 4 saturated carbocycles. The van der Waals surface area contributed by atoms with Crippen LogP contribution in [0.4, 0.5) is 0 Å². The van der Waals surface area contributed by atoms with E-state index in [-0.39, 0.29) is 23.6 Å². The third-order valence-electron chi connectivity index (χ3n) is 8.21. The maximum Gasteiger partial charge on any atom is 0.336 e. The van der Waals surface area contributed by atoms with E-state index in [1.165, 1.54) is 56.2 Å². The number of carboxylic acids is 1. The molecule has 36 heavy (non-hydrogen) atoms. The highest BCUT2D eigenvalue weighted by Crippen LogP contribution is 2.61. The van der Waals surface area contributed by atoms with Gasteiger partial charge < -0.3 is 19.3 Å². The Labute approximate surface area is 212 Å². The second-order valence-electron chi connectivity index (χ2n) is 10.7. The molecule has 2 aromatic carbocycles. The number of carbonyl (C=O) groups is 2.